The number of unbranched alkanes of at least 4 members (excludes halogenated alkanes) is 9. The van der Waals surface area contributed by atoms with Crippen LogP contribution in [0.5, 0.6) is 5.75 Å². The first-order chi connectivity index (χ1) is 16.5. The summed E-state index contributed by atoms with van der Waals surface area (Å²) in [6, 6.07) is 8.36. The fourth-order valence-corrected chi connectivity index (χ4v) is 5.48. The first kappa shape index (κ1) is 31.8. The van der Waals surface area contributed by atoms with Crippen molar-refractivity contribution in [2.45, 2.75) is 121 Å². The molecular weight excluding hydrogens is 458 g/mol. The monoisotopic (exact) mass is 509 g/mol. The van der Waals surface area contributed by atoms with Crippen molar-refractivity contribution in [3.05, 3.63) is 29.8 Å². The molecule has 1 saturated carbocycles. The van der Waals surface area contributed by atoms with Crippen molar-refractivity contribution >= 4 is 18.4 Å². The molecule has 0 bridgehead atoms. The molecule has 35 heavy (non-hydrogen) atoms. The Morgan fingerprint density at radius 3 is 1.94 bits per heavy atom. The first-order valence-electron chi connectivity index (χ1n) is 14.0. The Balaban J connectivity index is 0.00000612. The van der Waals surface area contributed by atoms with E-state index in [2.05, 4.69) is 38.1 Å². The standard InChI is InChI=1S/C30H51NO3.ClH/c1-5-6-7-8-9-10-11-12-13-15-18-29(32)34-30(23-16-14-17-24-30)28(25-31(2)3)26-19-21-27(33-4)22-20-26;/h19-22,28H,5-18,23-25H2,1-4H3;1H. The second-order valence-electron chi connectivity index (χ2n) is 10.6. The van der Waals surface area contributed by atoms with Crippen molar-refractivity contribution in [3.8, 4) is 5.75 Å². The third-order valence-corrected chi connectivity index (χ3v) is 7.45. The predicted molar refractivity (Wildman–Crippen MR) is 150 cm³/mol. The average Bonchev–Trinajstić information content (AvgIpc) is 2.84. The van der Waals surface area contributed by atoms with Crippen LogP contribution in [0.4, 0.5) is 0 Å². The van der Waals surface area contributed by atoms with Gasteiger partial charge < -0.3 is 14.4 Å². The largest absolute Gasteiger partial charge is 0.497 e. The fraction of sp³-hybridized carbons (Fsp3) is 0.767. The Hall–Kier alpha value is -1.26. The predicted octanol–water partition coefficient (Wildman–Crippen LogP) is 8.32. The van der Waals surface area contributed by atoms with Crippen LogP contribution in [0, 0.1) is 0 Å². The Morgan fingerprint density at radius 1 is 0.886 bits per heavy atom. The second kappa shape index (κ2) is 18.1. The summed E-state index contributed by atoms with van der Waals surface area (Å²) in [5, 5.41) is 0. The maximum Gasteiger partial charge on any atom is 0.306 e. The van der Waals surface area contributed by atoms with Gasteiger partial charge in [-0.15, -0.1) is 12.4 Å². The highest BCUT2D eigenvalue weighted by Crippen LogP contribution is 2.44. The summed E-state index contributed by atoms with van der Waals surface area (Å²) in [5.41, 5.74) is 0.843. The van der Waals surface area contributed by atoms with E-state index in [-0.39, 0.29) is 24.3 Å². The maximum absolute atomic E-state index is 13.0. The van der Waals surface area contributed by atoms with Crippen molar-refractivity contribution in [3.63, 3.8) is 0 Å². The smallest absolute Gasteiger partial charge is 0.306 e. The number of esters is 1. The minimum absolute atomic E-state index is 0. The highest BCUT2D eigenvalue weighted by Gasteiger charge is 2.44. The number of carbonyl (C=O) groups excluding carboxylic acids is 1. The van der Waals surface area contributed by atoms with Crippen molar-refractivity contribution in [1.82, 2.24) is 4.90 Å². The maximum atomic E-state index is 13.0. The zero-order valence-corrected chi connectivity index (χ0v) is 23.8. The van der Waals surface area contributed by atoms with E-state index in [4.69, 9.17) is 9.47 Å². The molecule has 1 unspecified atom stereocenters. The van der Waals surface area contributed by atoms with Crippen LogP contribution < -0.4 is 4.74 Å². The number of halogens is 1. The van der Waals surface area contributed by atoms with Crippen molar-refractivity contribution in [1.29, 1.82) is 0 Å². The van der Waals surface area contributed by atoms with Gasteiger partial charge in [-0.1, -0.05) is 83.3 Å². The van der Waals surface area contributed by atoms with Crippen molar-refractivity contribution in [2.75, 3.05) is 27.7 Å². The van der Waals surface area contributed by atoms with E-state index in [0.717, 1.165) is 50.8 Å². The van der Waals surface area contributed by atoms with Crippen LogP contribution in [0.2, 0.25) is 0 Å². The molecule has 0 spiro atoms. The molecule has 0 amide bonds. The number of nitrogens with zero attached hydrogens (tertiary/aromatic N) is 1. The lowest BCUT2D eigenvalue weighted by atomic mass is 9.72. The van der Waals surface area contributed by atoms with Crippen molar-refractivity contribution < 1.29 is 14.3 Å². The Morgan fingerprint density at radius 2 is 1.43 bits per heavy atom. The molecule has 0 aliphatic heterocycles. The molecule has 202 valence electrons. The fourth-order valence-electron chi connectivity index (χ4n) is 5.48. The SMILES string of the molecule is CCCCCCCCCCCCC(=O)OC1(C(CN(C)C)c2ccc(OC)cc2)CCCCC1.Cl. The van der Waals surface area contributed by atoms with Gasteiger partial charge in [0.25, 0.3) is 0 Å². The van der Waals surface area contributed by atoms with Crippen LogP contribution in [-0.2, 0) is 9.53 Å². The molecule has 1 aromatic carbocycles. The van der Waals surface area contributed by atoms with Gasteiger partial charge in [-0.3, -0.25) is 4.79 Å². The zero-order chi connectivity index (χ0) is 24.7. The Kier molecular flexibility index (Phi) is 16.4. The van der Waals surface area contributed by atoms with Crippen LogP contribution in [0.15, 0.2) is 24.3 Å². The van der Waals surface area contributed by atoms with E-state index in [9.17, 15) is 4.79 Å². The molecule has 0 radical (unpaired) electrons. The lowest BCUT2D eigenvalue weighted by molar-refractivity contribution is -0.167. The number of hydrogen-bond donors (Lipinski definition) is 0. The lowest BCUT2D eigenvalue weighted by Gasteiger charge is -2.44. The van der Waals surface area contributed by atoms with E-state index in [1.807, 2.05) is 12.1 Å². The van der Waals surface area contributed by atoms with Crippen molar-refractivity contribution in [2.24, 2.45) is 0 Å². The van der Waals surface area contributed by atoms with Gasteiger partial charge in [0.2, 0.25) is 0 Å². The number of ether oxygens (including phenoxy) is 2. The number of methoxy groups -OCH3 is 1. The number of hydrogen-bond acceptors (Lipinski definition) is 4. The van der Waals surface area contributed by atoms with Crippen LogP contribution in [-0.4, -0.2) is 44.2 Å². The number of likely N-dealkylation sites (N-methyl/N-ethyl adjacent to an activating group) is 1. The molecule has 1 atom stereocenters. The zero-order valence-electron chi connectivity index (χ0n) is 23.0. The molecule has 0 heterocycles. The van der Waals surface area contributed by atoms with Gasteiger partial charge in [-0.2, -0.15) is 0 Å². The van der Waals surface area contributed by atoms with E-state index in [1.54, 1.807) is 7.11 Å². The summed E-state index contributed by atoms with van der Waals surface area (Å²) >= 11 is 0. The highest BCUT2D eigenvalue weighted by atomic mass is 35.5. The molecule has 5 heteroatoms. The summed E-state index contributed by atoms with van der Waals surface area (Å²) in [5.74, 6) is 1.03. The number of carbonyl (C=O) groups is 1. The summed E-state index contributed by atoms with van der Waals surface area (Å²) in [7, 11) is 5.92. The Labute approximate surface area is 221 Å². The number of rotatable bonds is 17. The van der Waals surface area contributed by atoms with Crippen LogP contribution in [0.25, 0.3) is 0 Å². The molecule has 0 saturated heterocycles. The quantitative estimate of drug-likeness (QED) is 0.156. The third-order valence-electron chi connectivity index (χ3n) is 7.45. The first-order valence-corrected chi connectivity index (χ1v) is 14.0. The van der Waals surface area contributed by atoms with E-state index in [0.29, 0.717) is 6.42 Å². The molecule has 0 N–H and O–H groups in total. The third kappa shape index (κ3) is 11.6. The van der Waals surface area contributed by atoms with Gasteiger partial charge >= 0.3 is 5.97 Å². The summed E-state index contributed by atoms with van der Waals surface area (Å²) in [6.07, 6.45) is 18.7. The van der Waals surface area contributed by atoms with E-state index < -0.39 is 5.60 Å². The van der Waals surface area contributed by atoms with Gasteiger partial charge in [-0.25, -0.2) is 0 Å². The molecular formula is C30H52ClNO3. The van der Waals surface area contributed by atoms with Crippen LogP contribution in [0.3, 0.4) is 0 Å². The van der Waals surface area contributed by atoms with Crippen LogP contribution >= 0.6 is 12.4 Å². The van der Waals surface area contributed by atoms with Gasteiger partial charge in [0.05, 0.1) is 7.11 Å². The molecule has 1 fully saturated rings. The Bertz CT molecular complexity index is 671. The van der Waals surface area contributed by atoms with Crippen LogP contribution in [0.1, 0.15) is 121 Å². The average molecular weight is 510 g/mol. The van der Waals surface area contributed by atoms with Gasteiger partial charge in [0, 0.05) is 18.9 Å². The summed E-state index contributed by atoms with van der Waals surface area (Å²) in [6.45, 7) is 3.14. The summed E-state index contributed by atoms with van der Waals surface area (Å²) in [4.78, 5) is 15.2. The van der Waals surface area contributed by atoms with Gasteiger partial charge in [-0.05, 0) is 63.9 Å². The summed E-state index contributed by atoms with van der Waals surface area (Å²) < 4.78 is 11.8. The lowest BCUT2D eigenvalue weighted by Crippen LogP contribution is -2.46. The molecule has 1 aromatic rings. The molecule has 2 rings (SSSR count). The second-order valence-corrected chi connectivity index (χ2v) is 10.6. The van der Waals surface area contributed by atoms with E-state index >= 15 is 0 Å². The topological polar surface area (TPSA) is 38.8 Å². The normalized spacial score (nSPS) is 15.9. The van der Waals surface area contributed by atoms with Gasteiger partial charge in [0.1, 0.15) is 11.4 Å². The highest BCUT2D eigenvalue weighted by molar-refractivity contribution is 5.85. The minimum Gasteiger partial charge on any atom is -0.497 e. The minimum atomic E-state index is -0.396. The van der Waals surface area contributed by atoms with Gasteiger partial charge in [0.15, 0.2) is 0 Å². The van der Waals surface area contributed by atoms with E-state index in [1.165, 1.54) is 63.4 Å². The molecule has 0 aromatic heterocycles. The molecule has 4 nitrogen and oxygen atoms in total. The number of benzene rings is 1. The molecule has 1 aliphatic carbocycles. The molecule has 1 aliphatic rings.